The third kappa shape index (κ3) is 3.39. The van der Waals surface area contributed by atoms with Crippen LogP contribution in [0.3, 0.4) is 0 Å². The Labute approximate surface area is 171 Å². The second-order valence-electron chi connectivity index (χ2n) is 6.63. The van der Waals surface area contributed by atoms with Gasteiger partial charge < -0.3 is 5.32 Å². The summed E-state index contributed by atoms with van der Waals surface area (Å²) in [5.74, 6) is -0.393. The molecular weight excluding hydrogens is 420 g/mol. The lowest BCUT2D eigenvalue weighted by atomic mass is 10.2. The molecule has 0 aliphatic carbocycles. The highest BCUT2D eigenvalue weighted by Gasteiger charge is 2.40. The maximum absolute atomic E-state index is 13.3. The molecule has 4 rings (SSSR count). The molecule has 1 atom stereocenters. The highest BCUT2D eigenvalue weighted by molar-refractivity contribution is 7.89. The molecule has 10 heteroatoms. The maximum atomic E-state index is 13.3. The first kappa shape index (κ1) is 19.3. The highest BCUT2D eigenvalue weighted by Crippen LogP contribution is 2.31. The molecule has 7 nitrogen and oxygen atoms in total. The van der Waals surface area contributed by atoms with Crippen molar-refractivity contribution >= 4 is 56.0 Å². The molecule has 1 aliphatic heterocycles. The van der Waals surface area contributed by atoms with Crippen LogP contribution in [0.25, 0.3) is 11.0 Å². The summed E-state index contributed by atoms with van der Waals surface area (Å²) in [6.45, 7) is 2.17. The van der Waals surface area contributed by atoms with Gasteiger partial charge in [-0.1, -0.05) is 23.7 Å². The van der Waals surface area contributed by atoms with Crippen LogP contribution in [0.1, 0.15) is 18.4 Å². The van der Waals surface area contributed by atoms with Crippen LogP contribution in [0, 0.1) is 6.92 Å². The third-order valence-corrected chi connectivity index (χ3v) is 7.52. The fraction of sp³-hybridized carbons (Fsp3) is 0.278. The van der Waals surface area contributed by atoms with Crippen molar-refractivity contribution in [2.45, 2.75) is 30.7 Å². The minimum Gasteiger partial charge on any atom is -0.323 e. The SMILES string of the molecule is Cc1ccc(NC(=O)C2CCCN2S(=O)(=O)c2cccc3nsnc23)c(Cl)c1. The lowest BCUT2D eigenvalue weighted by Gasteiger charge is -2.23. The Hall–Kier alpha value is -2.07. The van der Waals surface area contributed by atoms with Crippen molar-refractivity contribution in [2.24, 2.45) is 0 Å². The van der Waals surface area contributed by atoms with Crippen LogP contribution in [-0.2, 0) is 14.8 Å². The molecule has 1 amide bonds. The Kier molecular flexibility index (Phi) is 5.09. The summed E-state index contributed by atoms with van der Waals surface area (Å²) in [7, 11) is -3.89. The highest BCUT2D eigenvalue weighted by atomic mass is 35.5. The van der Waals surface area contributed by atoms with Gasteiger partial charge in [0.25, 0.3) is 0 Å². The van der Waals surface area contributed by atoms with Crippen molar-refractivity contribution in [3.05, 3.63) is 47.0 Å². The average molecular weight is 437 g/mol. The van der Waals surface area contributed by atoms with Gasteiger partial charge in [-0.3, -0.25) is 4.79 Å². The Morgan fingerprint density at radius 2 is 2.11 bits per heavy atom. The fourth-order valence-corrected chi connectivity index (χ4v) is 6.04. The summed E-state index contributed by atoms with van der Waals surface area (Å²) >= 11 is 7.16. The predicted octanol–water partition coefficient (Wildman–Crippen LogP) is 3.44. The van der Waals surface area contributed by atoms with E-state index in [2.05, 4.69) is 14.1 Å². The second kappa shape index (κ2) is 7.40. The molecule has 0 bridgehead atoms. The zero-order valence-corrected chi connectivity index (χ0v) is 17.3. The molecule has 0 spiro atoms. The van der Waals surface area contributed by atoms with Gasteiger partial charge >= 0.3 is 0 Å². The first-order chi connectivity index (χ1) is 13.4. The average Bonchev–Trinajstić information content (AvgIpc) is 3.32. The summed E-state index contributed by atoms with van der Waals surface area (Å²) < 4.78 is 36.0. The fourth-order valence-electron chi connectivity index (χ4n) is 3.34. The predicted molar refractivity (Wildman–Crippen MR) is 109 cm³/mol. The minimum absolute atomic E-state index is 0.0758. The van der Waals surface area contributed by atoms with E-state index in [0.29, 0.717) is 34.6 Å². The van der Waals surface area contributed by atoms with Crippen molar-refractivity contribution < 1.29 is 13.2 Å². The topological polar surface area (TPSA) is 92.3 Å². The van der Waals surface area contributed by atoms with E-state index in [0.717, 1.165) is 17.3 Å². The number of hydrogen-bond acceptors (Lipinski definition) is 6. The molecule has 1 N–H and O–H groups in total. The van der Waals surface area contributed by atoms with Crippen LogP contribution >= 0.6 is 23.3 Å². The summed E-state index contributed by atoms with van der Waals surface area (Å²) in [6, 6.07) is 9.34. The molecule has 0 radical (unpaired) electrons. The van der Waals surface area contributed by atoms with Gasteiger partial charge in [0.05, 0.1) is 22.4 Å². The minimum atomic E-state index is -3.89. The molecule has 28 heavy (non-hydrogen) atoms. The number of sulfonamides is 1. The van der Waals surface area contributed by atoms with E-state index in [9.17, 15) is 13.2 Å². The number of benzene rings is 2. The number of nitrogens with zero attached hydrogens (tertiary/aromatic N) is 3. The first-order valence-corrected chi connectivity index (χ1v) is 11.2. The Morgan fingerprint density at radius 3 is 2.89 bits per heavy atom. The monoisotopic (exact) mass is 436 g/mol. The van der Waals surface area contributed by atoms with Gasteiger partial charge in [0, 0.05) is 6.54 Å². The molecule has 0 saturated carbocycles. The van der Waals surface area contributed by atoms with Crippen LogP contribution < -0.4 is 5.32 Å². The van der Waals surface area contributed by atoms with Crippen molar-refractivity contribution in [3.8, 4) is 0 Å². The standard InChI is InChI=1S/C18H17ClN4O3S2/c1-11-7-8-13(12(19)10-11)20-18(24)15-5-3-9-23(15)28(25,26)16-6-2-4-14-17(16)22-27-21-14/h2,4,6-8,10,15H,3,5,9H2,1H3,(H,20,24). The van der Waals surface area contributed by atoms with Crippen molar-refractivity contribution in [1.82, 2.24) is 13.1 Å². The lowest BCUT2D eigenvalue weighted by molar-refractivity contribution is -0.119. The van der Waals surface area contributed by atoms with Crippen LogP contribution in [-0.4, -0.2) is 40.0 Å². The number of halogens is 1. The summed E-state index contributed by atoms with van der Waals surface area (Å²) in [5, 5.41) is 3.18. The molecule has 2 heterocycles. The number of amides is 1. The first-order valence-electron chi connectivity index (χ1n) is 8.68. The van der Waals surface area contributed by atoms with Gasteiger partial charge in [0.15, 0.2) is 0 Å². The third-order valence-electron chi connectivity index (χ3n) is 4.72. The molecule has 1 aromatic heterocycles. The molecular formula is C18H17ClN4O3S2. The smallest absolute Gasteiger partial charge is 0.246 e. The number of aryl methyl sites for hydroxylation is 1. The van der Waals surface area contributed by atoms with E-state index in [4.69, 9.17) is 11.6 Å². The lowest BCUT2D eigenvalue weighted by Crippen LogP contribution is -2.43. The molecule has 2 aromatic carbocycles. The largest absolute Gasteiger partial charge is 0.323 e. The van der Waals surface area contributed by atoms with E-state index in [-0.39, 0.29) is 11.4 Å². The number of rotatable bonds is 4. The Bertz CT molecular complexity index is 1160. The van der Waals surface area contributed by atoms with Gasteiger partial charge in [-0.15, -0.1) is 0 Å². The number of carbonyl (C=O) groups is 1. The normalized spacial score (nSPS) is 17.9. The molecule has 1 aliphatic rings. The van der Waals surface area contributed by atoms with Gasteiger partial charge in [-0.2, -0.15) is 13.1 Å². The summed E-state index contributed by atoms with van der Waals surface area (Å²) in [5.41, 5.74) is 2.29. The number of anilines is 1. The molecule has 146 valence electrons. The van der Waals surface area contributed by atoms with Gasteiger partial charge in [-0.05, 0) is 49.6 Å². The van der Waals surface area contributed by atoms with E-state index >= 15 is 0 Å². The van der Waals surface area contributed by atoms with Gasteiger partial charge in [-0.25, -0.2) is 8.42 Å². The van der Waals surface area contributed by atoms with Crippen molar-refractivity contribution in [1.29, 1.82) is 0 Å². The number of fused-ring (bicyclic) bond motifs is 1. The van der Waals surface area contributed by atoms with E-state index in [1.54, 1.807) is 24.3 Å². The van der Waals surface area contributed by atoms with Crippen LogP contribution in [0.5, 0.6) is 0 Å². The Balaban J connectivity index is 1.64. The van der Waals surface area contributed by atoms with E-state index < -0.39 is 22.0 Å². The molecule has 1 saturated heterocycles. The zero-order valence-electron chi connectivity index (χ0n) is 14.9. The molecule has 1 unspecified atom stereocenters. The van der Waals surface area contributed by atoms with Gasteiger partial charge in [0.2, 0.25) is 15.9 Å². The van der Waals surface area contributed by atoms with E-state index in [1.807, 2.05) is 13.0 Å². The Morgan fingerprint density at radius 1 is 1.29 bits per heavy atom. The van der Waals surface area contributed by atoms with Gasteiger partial charge in [0.1, 0.15) is 22.0 Å². The van der Waals surface area contributed by atoms with Crippen LogP contribution in [0.2, 0.25) is 5.02 Å². The second-order valence-corrected chi connectivity index (χ2v) is 9.43. The summed E-state index contributed by atoms with van der Waals surface area (Å²) in [4.78, 5) is 12.9. The van der Waals surface area contributed by atoms with Crippen molar-refractivity contribution in [3.63, 3.8) is 0 Å². The number of carbonyl (C=O) groups excluding carboxylic acids is 1. The summed E-state index contributed by atoms with van der Waals surface area (Å²) in [6.07, 6.45) is 1.05. The van der Waals surface area contributed by atoms with Crippen LogP contribution in [0.15, 0.2) is 41.3 Å². The molecule has 3 aromatic rings. The van der Waals surface area contributed by atoms with Crippen LogP contribution in [0.4, 0.5) is 5.69 Å². The van der Waals surface area contributed by atoms with E-state index in [1.165, 1.54) is 10.4 Å². The number of aromatic nitrogens is 2. The quantitative estimate of drug-likeness (QED) is 0.676. The number of nitrogens with one attached hydrogen (secondary N) is 1. The maximum Gasteiger partial charge on any atom is 0.246 e. The van der Waals surface area contributed by atoms with Crippen molar-refractivity contribution in [2.75, 3.05) is 11.9 Å². The molecule has 1 fully saturated rings. The zero-order chi connectivity index (χ0) is 19.9. The number of hydrogen-bond donors (Lipinski definition) is 1.